The number of rotatable bonds is 5. The maximum Gasteiger partial charge on any atom is 0.119 e. The standard InChI is InChI=1S/C15H22O3/c1-3-15(16)12-5-8-13(9-6-12)17-10-14-7-4-11(2)18-14/h5-6,8-9,11,14-16H,3-4,7,10H2,1-2H3/t11?,14?,15-/m0/s1. The Balaban J connectivity index is 1.83. The third kappa shape index (κ3) is 3.47. The van der Waals surface area contributed by atoms with E-state index in [0.29, 0.717) is 12.7 Å². The van der Waals surface area contributed by atoms with Crippen molar-refractivity contribution in [2.24, 2.45) is 0 Å². The molecule has 100 valence electrons. The second-order valence-corrected chi connectivity index (χ2v) is 4.95. The van der Waals surface area contributed by atoms with Gasteiger partial charge in [-0.3, -0.25) is 0 Å². The highest BCUT2D eigenvalue weighted by atomic mass is 16.5. The molecule has 0 bridgehead atoms. The van der Waals surface area contributed by atoms with Gasteiger partial charge < -0.3 is 14.6 Å². The molecule has 2 unspecified atom stereocenters. The van der Waals surface area contributed by atoms with E-state index in [9.17, 15) is 5.11 Å². The minimum atomic E-state index is -0.377. The van der Waals surface area contributed by atoms with Gasteiger partial charge in [-0.1, -0.05) is 19.1 Å². The van der Waals surface area contributed by atoms with Gasteiger partial charge in [-0.05, 0) is 43.9 Å². The number of aliphatic hydroxyl groups is 1. The van der Waals surface area contributed by atoms with Gasteiger partial charge in [0.25, 0.3) is 0 Å². The first-order valence-electron chi connectivity index (χ1n) is 6.75. The van der Waals surface area contributed by atoms with Crippen LogP contribution < -0.4 is 4.74 Å². The van der Waals surface area contributed by atoms with Crippen molar-refractivity contribution in [1.82, 2.24) is 0 Å². The lowest BCUT2D eigenvalue weighted by molar-refractivity contribution is 0.0264. The molecule has 0 aliphatic carbocycles. The second-order valence-electron chi connectivity index (χ2n) is 4.95. The van der Waals surface area contributed by atoms with Crippen LogP contribution in [0.3, 0.4) is 0 Å². The number of aliphatic hydroxyl groups excluding tert-OH is 1. The monoisotopic (exact) mass is 250 g/mol. The first kappa shape index (κ1) is 13.4. The van der Waals surface area contributed by atoms with Crippen LogP contribution in [0.25, 0.3) is 0 Å². The van der Waals surface area contributed by atoms with Gasteiger partial charge in [-0.2, -0.15) is 0 Å². The molecule has 2 rings (SSSR count). The molecule has 3 nitrogen and oxygen atoms in total. The fraction of sp³-hybridized carbons (Fsp3) is 0.600. The molecule has 0 radical (unpaired) electrons. The molecule has 1 saturated heterocycles. The van der Waals surface area contributed by atoms with E-state index in [1.54, 1.807) is 0 Å². The summed E-state index contributed by atoms with van der Waals surface area (Å²) in [6.07, 6.45) is 3.14. The minimum absolute atomic E-state index is 0.223. The molecule has 0 amide bonds. The van der Waals surface area contributed by atoms with Gasteiger partial charge in [0.15, 0.2) is 0 Å². The highest BCUT2D eigenvalue weighted by Crippen LogP contribution is 2.22. The average Bonchev–Trinajstić information content (AvgIpc) is 2.82. The Morgan fingerprint density at radius 2 is 2.06 bits per heavy atom. The number of benzene rings is 1. The van der Waals surface area contributed by atoms with Crippen LogP contribution in [0.15, 0.2) is 24.3 Å². The molecule has 1 aliphatic heterocycles. The highest BCUT2D eigenvalue weighted by molar-refractivity contribution is 5.28. The SMILES string of the molecule is CC[C@H](O)c1ccc(OCC2CCC(C)O2)cc1. The third-order valence-electron chi connectivity index (χ3n) is 3.41. The van der Waals surface area contributed by atoms with Crippen molar-refractivity contribution in [1.29, 1.82) is 0 Å². The molecule has 1 heterocycles. The summed E-state index contributed by atoms with van der Waals surface area (Å²) in [4.78, 5) is 0. The van der Waals surface area contributed by atoms with Crippen LogP contribution in [0.4, 0.5) is 0 Å². The molecule has 0 aromatic heterocycles. The van der Waals surface area contributed by atoms with Gasteiger partial charge in [0.05, 0.1) is 18.3 Å². The number of hydrogen-bond donors (Lipinski definition) is 1. The van der Waals surface area contributed by atoms with Crippen LogP contribution in [-0.2, 0) is 4.74 Å². The van der Waals surface area contributed by atoms with Crippen molar-refractivity contribution in [2.45, 2.75) is 51.4 Å². The van der Waals surface area contributed by atoms with Gasteiger partial charge in [-0.15, -0.1) is 0 Å². The molecule has 3 heteroatoms. The molecule has 3 atom stereocenters. The van der Waals surface area contributed by atoms with Crippen molar-refractivity contribution in [3.05, 3.63) is 29.8 Å². The quantitative estimate of drug-likeness (QED) is 0.872. The molecule has 1 aromatic rings. The van der Waals surface area contributed by atoms with Gasteiger partial charge >= 0.3 is 0 Å². The fourth-order valence-corrected chi connectivity index (χ4v) is 2.22. The Kier molecular flexibility index (Phi) is 4.61. The lowest BCUT2D eigenvalue weighted by Gasteiger charge is -2.13. The zero-order chi connectivity index (χ0) is 13.0. The van der Waals surface area contributed by atoms with Gasteiger partial charge in [0.2, 0.25) is 0 Å². The average molecular weight is 250 g/mol. The summed E-state index contributed by atoms with van der Waals surface area (Å²) < 4.78 is 11.4. The Labute approximate surface area is 109 Å². The van der Waals surface area contributed by atoms with Gasteiger partial charge in [0.1, 0.15) is 12.4 Å². The Hall–Kier alpha value is -1.06. The zero-order valence-corrected chi connectivity index (χ0v) is 11.1. The molecule has 18 heavy (non-hydrogen) atoms. The predicted octanol–water partition coefficient (Wildman–Crippen LogP) is 3.08. The van der Waals surface area contributed by atoms with Gasteiger partial charge in [0, 0.05) is 0 Å². The summed E-state index contributed by atoms with van der Waals surface area (Å²) in [5, 5.41) is 9.69. The minimum Gasteiger partial charge on any atom is -0.491 e. The maximum absolute atomic E-state index is 9.69. The smallest absolute Gasteiger partial charge is 0.119 e. The number of ether oxygens (including phenoxy) is 2. The van der Waals surface area contributed by atoms with E-state index in [1.165, 1.54) is 0 Å². The molecule has 1 N–H and O–H groups in total. The van der Waals surface area contributed by atoms with Crippen LogP contribution in [-0.4, -0.2) is 23.9 Å². The molecular weight excluding hydrogens is 228 g/mol. The van der Waals surface area contributed by atoms with Crippen LogP contribution >= 0.6 is 0 Å². The van der Waals surface area contributed by atoms with E-state index in [0.717, 1.165) is 30.6 Å². The maximum atomic E-state index is 9.69. The van der Waals surface area contributed by atoms with E-state index < -0.39 is 0 Å². The normalized spacial score (nSPS) is 25.1. The summed E-state index contributed by atoms with van der Waals surface area (Å²) in [7, 11) is 0. The van der Waals surface area contributed by atoms with E-state index in [-0.39, 0.29) is 12.2 Å². The van der Waals surface area contributed by atoms with Crippen LogP contribution in [0, 0.1) is 0 Å². The third-order valence-corrected chi connectivity index (χ3v) is 3.41. The van der Waals surface area contributed by atoms with Gasteiger partial charge in [-0.25, -0.2) is 0 Å². The van der Waals surface area contributed by atoms with E-state index in [1.807, 2.05) is 31.2 Å². The molecule has 0 spiro atoms. The molecule has 1 fully saturated rings. The highest BCUT2D eigenvalue weighted by Gasteiger charge is 2.22. The topological polar surface area (TPSA) is 38.7 Å². The van der Waals surface area contributed by atoms with Crippen LogP contribution in [0.1, 0.15) is 44.8 Å². The van der Waals surface area contributed by atoms with Crippen molar-refractivity contribution in [2.75, 3.05) is 6.61 Å². The van der Waals surface area contributed by atoms with Crippen molar-refractivity contribution in [3.8, 4) is 5.75 Å². The zero-order valence-electron chi connectivity index (χ0n) is 11.1. The molecular formula is C15H22O3. The Morgan fingerprint density at radius 3 is 2.61 bits per heavy atom. The summed E-state index contributed by atoms with van der Waals surface area (Å²) in [5.41, 5.74) is 0.940. The first-order valence-corrected chi connectivity index (χ1v) is 6.75. The van der Waals surface area contributed by atoms with E-state index in [2.05, 4.69) is 6.92 Å². The van der Waals surface area contributed by atoms with Crippen molar-refractivity contribution in [3.63, 3.8) is 0 Å². The summed E-state index contributed by atoms with van der Waals surface area (Å²) >= 11 is 0. The van der Waals surface area contributed by atoms with Crippen molar-refractivity contribution >= 4 is 0 Å². The molecule has 1 aromatic carbocycles. The van der Waals surface area contributed by atoms with Crippen molar-refractivity contribution < 1.29 is 14.6 Å². The van der Waals surface area contributed by atoms with E-state index in [4.69, 9.17) is 9.47 Å². The molecule has 0 saturated carbocycles. The Bertz CT molecular complexity index is 361. The molecule has 1 aliphatic rings. The first-order chi connectivity index (χ1) is 8.69. The summed E-state index contributed by atoms with van der Waals surface area (Å²) in [6.45, 7) is 4.68. The second kappa shape index (κ2) is 6.21. The summed E-state index contributed by atoms with van der Waals surface area (Å²) in [6, 6.07) is 7.66. The number of hydrogen-bond acceptors (Lipinski definition) is 3. The predicted molar refractivity (Wildman–Crippen MR) is 70.8 cm³/mol. The lowest BCUT2D eigenvalue weighted by Crippen LogP contribution is -2.17. The Morgan fingerprint density at radius 1 is 1.33 bits per heavy atom. The summed E-state index contributed by atoms with van der Waals surface area (Å²) in [5.74, 6) is 0.838. The van der Waals surface area contributed by atoms with Crippen LogP contribution in [0.2, 0.25) is 0 Å². The van der Waals surface area contributed by atoms with E-state index >= 15 is 0 Å². The lowest BCUT2D eigenvalue weighted by atomic mass is 10.1. The largest absolute Gasteiger partial charge is 0.491 e. The fourth-order valence-electron chi connectivity index (χ4n) is 2.22. The van der Waals surface area contributed by atoms with Crippen LogP contribution in [0.5, 0.6) is 5.75 Å².